The van der Waals surface area contributed by atoms with Crippen molar-refractivity contribution < 1.29 is 0 Å². The van der Waals surface area contributed by atoms with Crippen molar-refractivity contribution in [2.45, 2.75) is 19.4 Å². The van der Waals surface area contributed by atoms with Gasteiger partial charge in [0.15, 0.2) is 0 Å². The van der Waals surface area contributed by atoms with E-state index in [1.165, 1.54) is 10.9 Å². The third kappa shape index (κ3) is 3.12. The molecule has 4 heteroatoms. The first-order valence-corrected chi connectivity index (χ1v) is 7.65. The van der Waals surface area contributed by atoms with Gasteiger partial charge in [0, 0.05) is 28.2 Å². The van der Waals surface area contributed by atoms with E-state index < -0.39 is 0 Å². The van der Waals surface area contributed by atoms with Crippen LogP contribution in [0.25, 0.3) is 10.9 Å². The van der Waals surface area contributed by atoms with E-state index in [2.05, 4.69) is 45.0 Å². The van der Waals surface area contributed by atoms with Gasteiger partial charge in [-0.15, -0.1) is 0 Å². The van der Waals surface area contributed by atoms with Gasteiger partial charge in [0.25, 0.3) is 0 Å². The maximum atomic E-state index is 6.31. The summed E-state index contributed by atoms with van der Waals surface area (Å²) in [6, 6.07) is 14.0. The van der Waals surface area contributed by atoms with Crippen LogP contribution in [-0.4, -0.2) is 9.97 Å². The Morgan fingerprint density at radius 2 is 2.00 bits per heavy atom. The molecule has 0 fully saturated rings. The first-order valence-electron chi connectivity index (χ1n) is 6.86. The van der Waals surface area contributed by atoms with Gasteiger partial charge in [-0.2, -0.15) is 0 Å². The predicted octanol–water partition coefficient (Wildman–Crippen LogP) is 3.94. The number of aromatic nitrogens is 2. The van der Waals surface area contributed by atoms with Gasteiger partial charge in [-0.05, 0) is 52.7 Å². The van der Waals surface area contributed by atoms with Crippen LogP contribution in [0.3, 0.4) is 0 Å². The lowest BCUT2D eigenvalue weighted by Gasteiger charge is -2.13. The summed E-state index contributed by atoms with van der Waals surface area (Å²) in [7, 11) is 0. The number of pyridine rings is 2. The van der Waals surface area contributed by atoms with Crippen LogP contribution in [0, 0.1) is 6.92 Å². The molecule has 3 rings (SSSR count). The predicted molar refractivity (Wildman–Crippen MR) is 89.0 cm³/mol. The van der Waals surface area contributed by atoms with E-state index in [-0.39, 0.29) is 6.04 Å². The van der Waals surface area contributed by atoms with Crippen LogP contribution >= 0.6 is 15.9 Å². The fraction of sp³-hybridized carbons (Fsp3) is 0.176. The van der Waals surface area contributed by atoms with Crippen molar-refractivity contribution in [1.82, 2.24) is 9.97 Å². The van der Waals surface area contributed by atoms with E-state index in [0.717, 1.165) is 21.4 Å². The zero-order chi connectivity index (χ0) is 14.8. The molecule has 1 unspecified atom stereocenters. The first kappa shape index (κ1) is 14.2. The Bertz CT molecular complexity index is 769. The third-order valence-electron chi connectivity index (χ3n) is 3.54. The van der Waals surface area contributed by atoms with E-state index in [0.29, 0.717) is 6.42 Å². The number of aryl methyl sites for hydroxylation is 1. The molecular formula is C17H16BrN3. The molecular weight excluding hydrogens is 326 g/mol. The topological polar surface area (TPSA) is 51.8 Å². The Kier molecular flexibility index (Phi) is 3.99. The molecule has 2 aromatic heterocycles. The van der Waals surface area contributed by atoms with Crippen LogP contribution in [0.5, 0.6) is 0 Å². The molecule has 0 amide bonds. The van der Waals surface area contributed by atoms with Crippen LogP contribution in [0.1, 0.15) is 23.0 Å². The number of para-hydroxylation sites is 1. The average Bonchev–Trinajstić information content (AvgIpc) is 2.49. The van der Waals surface area contributed by atoms with Gasteiger partial charge in [0.2, 0.25) is 0 Å². The molecule has 3 nitrogen and oxygen atoms in total. The lowest BCUT2D eigenvalue weighted by molar-refractivity contribution is 0.686. The summed E-state index contributed by atoms with van der Waals surface area (Å²) in [6.45, 7) is 2.10. The first-order chi connectivity index (χ1) is 10.1. The van der Waals surface area contributed by atoms with E-state index in [1.807, 2.05) is 30.3 Å². The molecule has 0 aliphatic carbocycles. The highest BCUT2D eigenvalue weighted by atomic mass is 79.9. The van der Waals surface area contributed by atoms with E-state index in [4.69, 9.17) is 5.73 Å². The fourth-order valence-electron chi connectivity index (χ4n) is 2.42. The van der Waals surface area contributed by atoms with E-state index >= 15 is 0 Å². The summed E-state index contributed by atoms with van der Waals surface area (Å²) >= 11 is 3.39. The molecule has 0 aliphatic heterocycles. The van der Waals surface area contributed by atoms with Crippen molar-refractivity contribution in [2.75, 3.05) is 0 Å². The Balaban J connectivity index is 1.90. The number of benzene rings is 1. The summed E-state index contributed by atoms with van der Waals surface area (Å²) < 4.78 is 0.972. The average molecular weight is 342 g/mol. The van der Waals surface area contributed by atoms with Crippen LogP contribution in [-0.2, 0) is 6.42 Å². The summed E-state index contributed by atoms with van der Waals surface area (Å²) in [5, 5.41) is 1.18. The number of rotatable bonds is 3. The molecule has 1 atom stereocenters. The lowest BCUT2D eigenvalue weighted by Crippen LogP contribution is -2.16. The second kappa shape index (κ2) is 5.92. The Morgan fingerprint density at radius 1 is 1.19 bits per heavy atom. The Labute approximate surface area is 132 Å². The van der Waals surface area contributed by atoms with Crippen LogP contribution in [0.2, 0.25) is 0 Å². The molecule has 0 radical (unpaired) electrons. The molecule has 0 spiro atoms. The van der Waals surface area contributed by atoms with Crippen molar-refractivity contribution in [3.63, 3.8) is 0 Å². The quantitative estimate of drug-likeness (QED) is 0.784. The number of hydrogen-bond donors (Lipinski definition) is 1. The molecule has 0 bridgehead atoms. The smallest absolute Gasteiger partial charge is 0.0708 e. The molecule has 0 aliphatic rings. The van der Waals surface area contributed by atoms with Gasteiger partial charge >= 0.3 is 0 Å². The van der Waals surface area contributed by atoms with Crippen molar-refractivity contribution in [1.29, 1.82) is 0 Å². The highest BCUT2D eigenvalue weighted by Gasteiger charge is 2.11. The van der Waals surface area contributed by atoms with Gasteiger partial charge in [0.05, 0.1) is 17.3 Å². The molecule has 2 heterocycles. The number of nitrogens with zero attached hydrogens (tertiary/aromatic N) is 2. The van der Waals surface area contributed by atoms with Crippen molar-refractivity contribution >= 4 is 26.8 Å². The molecule has 0 saturated carbocycles. The summed E-state index contributed by atoms with van der Waals surface area (Å²) in [6.07, 6.45) is 2.47. The fourth-order valence-corrected chi connectivity index (χ4v) is 2.66. The summed E-state index contributed by atoms with van der Waals surface area (Å²) in [5.74, 6) is 0. The standard InChI is InChI=1S/C17H16BrN3/c1-11-8-17(21-16-5-3-2-4-14(11)16)15(19)9-13-7-6-12(18)10-20-13/h2-8,10,15H,9,19H2,1H3. The van der Waals surface area contributed by atoms with Gasteiger partial charge in [-0.3, -0.25) is 9.97 Å². The highest BCUT2D eigenvalue weighted by molar-refractivity contribution is 9.10. The maximum absolute atomic E-state index is 6.31. The van der Waals surface area contributed by atoms with E-state index in [1.54, 1.807) is 6.20 Å². The highest BCUT2D eigenvalue weighted by Crippen LogP contribution is 2.21. The zero-order valence-corrected chi connectivity index (χ0v) is 13.3. The third-order valence-corrected chi connectivity index (χ3v) is 4.01. The number of nitrogens with two attached hydrogens (primary N) is 1. The zero-order valence-electron chi connectivity index (χ0n) is 11.8. The lowest BCUT2D eigenvalue weighted by atomic mass is 10.0. The van der Waals surface area contributed by atoms with Crippen molar-refractivity contribution in [3.05, 3.63) is 70.1 Å². The van der Waals surface area contributed by atoms with Crippen LogP contribution in [0.4, 0.5) is 0 Å². The number of hydrogen-bond acceptors (Lipinski definition) is 3. The molecule has 1 aromatic carbocycles. The summed E-state index contributed by atoms with van der Waals surface area (Å²) in [4.78, 5) is 9.06. The Hall–Kier alpha value is -1.78. The van der Waals surface area contributed by atoms with Crippen molar-refractivity contribution in [3.8, 4) is 0 Å². The minimum absolute atomic E-state index is 0.151. The SMILES string of the molecule is Cc1cc(C(N)Cc2ccc(Br)cn2)nc2ccccc12. The largest absolute Gasteiger partial charge is 0.322 e. The maximum Gasteiger partial charge on any atom is 0.0708 e. The molecule has 3 aromatic rings. The molecule has 21 heavy (non-hydrogen) atoms. The van der Waals surface area contributed by atoms with E-state index in [9.17, 15) is 0 Å². The van der Waals surface area contributed by atoms with Gasteiger partial charge in [-0.1, -0.05) is 18.2 Å². The summed E-state index contributed by atoms with van der Waals surface area (Å²) in [5.41, 5.74) is 10.4. The second-order valence-corrected chi connectivity index (χ2v) is 6.08. The van der Waals surface area contributed by atoms with Gasteiger partial charge in [-0.25, -0.2) is 0 Å². The minimum Gasteiger partial charge on any atom is -0.322 e. The second-order valence-electron chi connectivity index (χ2n) is 5.16. The van der Waals surface area contributed by atoms with Crippen LogP contribution in [0.15, 0.2) is 53.1 Å². The minimum atomic E-state index is -0.151. The number of fused-ring (bicyclic) bond motifs is 1. The van der Waals surface area contributed by atoms with Crippen molar-refractivity contribution in [2.24, 2.45) is 5.73 Å². The molecule has 106 valence electrons. The monoisotopic (exact) mass is 341 g/mol. The molecule has 0 saturated heterocycles. The van der Waals surface area contributed by atoms with Gasteiger partial charge in [0.1, 0.15) is 0 Å². The number of halogens is 1. The van der Waals surface area contributed by atoms with Crippen LogP contribution < -0.4 is 5.73 Å². The van der Waals surface area contributed by atoms with Gasteiger partial charge < -0.3 is 5.73 Å². The normalized spacial score (nSPS) is 12.5. The Morgan fingerprint density at radius 3 is 2.76 bits per heavy atom. The molecule has 2 N–H and O–H groups in total.